The largest absolute Gasteiger partial charge is 0.481 e. The fourth-order valence-corrected chi connectivity index (χ4v) is 1.33. The summed E-state index contributed by atoms with van der Waals surface area (Å²) in [7, 11) is 1.56. The summed E-state index contributed by atoms with van der Waals surface area (Å²) in [6, 6.07) is 1.71. The topological polar surface area (TPSA) is 73.1 Å². The molecule has 2 rings (SSSR count). The van der Waals surface area contributed by atoms with E-state index in [1.54, 1.807) is 13.2 Å². The second-order valence-electron chi connectivity index (χ2n) is 3.55. The Bertz CT molecular complexity index is 490. The molecule has 6 nitrogen and oxygen atoms in total. The standard InChI is InChI=1S/C11H14N4O2/c1-7-8(2)17-11(15-7)5-12-9-4-10(16-3)14-6-13-9/h4,6H,5H2,1-3H3,(H,12,13,14). The van der Waals surface area contributed by atoms with Gasteiger partial charge in [0.25, 0.3) is 0 Å². The highest BCUT2D eigenvalue weighted by Gasteiger charge is 2.05. The third-order valence-electron chi connectivity index (χ3n) is 2.34. The van der Waals surface area contributed by atoms with Crippen molar-refractivity contribution in [3.63, 3.8) is 0 Å². The van der Waals surface area contributed by atoms with Crippen LogP contribution in [0.5, 0.6) is 5.88 Å². The number of hydrogen-bond acceptors (Lipinski definition) is 6. The first-order valence-electron chi connectivity index (χ1n) is 5.22. The highest BCUT2D eigenvalue weighted by molar-refractivity contribution is 5.36. The van der Waals surface area contributed by atoms with Crippen LogP contribution in [0.3, 0.4) is 0 Å². The molecule has 0 aromatic carbocycles. The molecule has 0 saturated heterocycles. The minimum Gasteiger partial charge on any atom is -0.481 e. The quantitative estimate of drug-likeness (QED) is 0.868. The number of rotatable bonds is 4. The summed E-state index contributed by atoms with van der Waals surface area (Å²) in [6.45, 7) is 4.28. The second-order valence-corrected chi connectivity index (χ2v) is 3.55. The Labute approximate surface area is 99.1 Å². The van der Waals surface area contributed by atoms with E-state index >= 15 is 0 Å². The third-order valence-corrected chi connectivity index (χ3v) is 2.34. The molecule has 0 atom stereocenters. The van der Waals surface area contributed by atoms with Gasteiger partial charge in [0.2, 0.25) is 11.8 Å². The Morgan fingerprint density at radius 2 is 2.18 bits per heavy atom. The SMILES string of the molecule is COc1cc(NCc2nc(C)c(C)o2)ncn1. The summed E-state index contributed by atoms with van der Waals surface area (Å²) in [5, 5.41) is 3.09. The number of ether oxygens (including phenoxy) is 1. The van der Waals surface area contributed by atoms with Gasteiger partial charge in [0.05, 0.1) is 19.3 Å². The van der Waals surface area contributed by atoms with E-state index in [4.69, 9.17) is 9.15 Å². The monoisotopic (exact) mass is 234 g/mol. The minimum atomic E-state index is 0.481. The van der Waals surface area contributed by atoms with Crippen LogP contribution in [0.15, 0.2) is 16.8 Å². The lowest BCUT2D eigenvalue weighted by atomic mass is 10.4. The number of nitrogens with zero attached hydrogens (tertiary/aromatic N) is 3. The van der Waals surface area contributed by atoms with E-state index in [1.807, 2.05) is 13.8 Å². The van der Waals surface area contributed by atoms with Crippen molar-refractivity contribution in [1.82, 2.24) is 15.0 Å². The molecule has 0 unspecified atom stereocenters. The van der Waals surface area contributed by atoms with Crippen molar-refractivity contribution >= 4 is 5.82 Å². The van der Waals surface area contributed by atoms with Gasteiger partial charge in [-0.05, 0) is 13.8 Å². The van der Waals surface area contributed by atoms with Crippen LogP contribution >= 0.6 is 0 Å². The average molecular weight is 234 g/mol. The van der Waals surface area contributed by atoms with Crippen molar-refractivity contribution < 1.29 is 9.15 Å². The number of anilines is 1. The van der Waals surface area contributed by atoms with Gasteiger partial charge in [-0.1, -0.05) is 0 Å². The van der Waals surface area contributed by atoms with Gasteiger partial charge < -0.3 is 14.5 Å². The van der Waals surface area contributed by atoms with E-state index in [0.29, 0.717) is 24.1 Å². The molecule has 0 fully saturated rings. The predicted molar refractivity (Wildman–Crippen MR) is 61.9 cm³/mol. The Morgan fingerprint density at radius 1 is 1.35 bits per heavy atom. The Morgan fingerprint density at radius 3 is 2.82 bits per heavy atom. The fraction of sp³-hybridized carbons (Fsp3) is 0.364. The Hall–Kier alpha value is -2.11. The zero-order valence-electron chi connectivity index (χ0n) is 10.0. The van der Waals surface area contributed by atoms with Crippen LogP contribution in [-0.2, 0) is 6.54 Å². The summed E-state index contributed by atoms with van der Waals surface area (Å²) >= 11 is 0. The summed E-state index contributed by atoms with van der Waals surface area (Å²) in [5.74, 6) is 2.66. The van der Waals surface area contributed by atoms with Crippen molar-refractivity contribution in [2.75, 3.05) is 12.4 Å². The van der Waals surface area contributed by atoms with E-state index in [9.17, 15) is 0 Å². The molecule has 2 aromatic rings. The van der Waals surface area contributed by atoms with Crippen molar-refractivity contribution in [2.24, 2.45) is 0 Å². The number of hydrogen-bond donors (Lipinski definition) is 1. The molecule has 0 spiro atoms. The van der Waals surface area contributed by atoms with Crippen LogP contribution in [0, 0.1) is 13.8 Å². The maximum Gasteiger partial charge on any atom is 0.218 e. The molecule has 0 radical (unpaired) electrons. The van der Waals surface area contributed by atoms with Gasteiger partial charge in [-0.25, -0.2) is 15.0 Å². The van der Waals surface area contributed by atoms with Gasteiger partial charge >= 0.3 is 0 Å². The van der Waals surface area contributed by atoms with E-state index in [0.717, 1.165) is 11.5 Å². The first-order valence-corrected chi connectivity index (χ1v) is 5.22. The maximum atomic E-state index is 5.44. The van der Waals surface area contributed by atoms with Crippen molar-refractivity contribution in [2.45, 2.75) is 20.4 Å². The highest BCUT2D eigenvalue weighted by Crippen LogP contribution is 2.13. The number of methoxy groups -OCH3 is 1. The van der Waals surface area contributed by atoms with Gasteiger partial charge in [-0.3, -0.25) is 0 Å². The van der Waals surface area contributed by atoms with Crippen LogP contribution in [0.25, 0.3) is 0 Å². The Kier molecular flexibility index (Phi) is 3.22. The first kappa shape index (κ1) is 11.4. The van der Waals surface area contributed by atoms with Crippen LogP contribution in [0.2, 0.25) is 0 Å². The van der Waals surface area contributed by atoms with Crippen molar-refractivity contribution in [3.8, 4) is 5.88 Å². The molecule has 90 valence electrons. The molecule has 2 aromatic heterocycles. The summed E-state index contributed by atoms with van der Waals surface area (Å²) in [6.07, 6.45) is 1.44. The average Bonchev–Trinajstić information content (AvgIpc) is 2.67. The van der Waals surface area contributed by atoms with E-state index in [1.165, 1.54) is 6.33 Å². The van der Waals surface area contributed by atoms with E-state index < -0.39 is 0 Å². The second kappa shape index (κ2) is 4.82. The predicted octanol–water partition coefficient (Wildman–Crippen LogP) is 1.70. The van der Waals surface area contributed by atoms with Crippen LogP contribution < -0.4 is 10.1 Å². The van der Waals surface area contributed by atoms with E-state index in [-0.39, 0.29) is 0 Å². The molecule has 0 aliphatic rings. The molecule has 0 amide bonds. The molecule has 0 bridgehead atoms. The lowest BCUT2D eigenvalue weighted by Crippen LogP contribution is -2.02. The molecule has 6 heteroatoms. The van der Waals surface area contributed by atoms with Crippen LogP contribution in [0.4, 0.5) is 5.82 Å². The van der Waals surface area contributed by atoms with Gasteiger partial charge in [0.1, 0.15) is 17.9 Å². The molecule has 2 heterocycles. The number of aromatic nitrogens is 3. The van der Waals surface area contributed by atoms with Crippen molar-refractivity contribution in [1.29, 1.82) is 0 Å². The molecule has 0 saturated carbocycles. The highest BCUT2D eigenvalue weighted by atomic mass is 16.5. The smallest absolute Gasteiger partial charge is 0.218 e. The van der Waals surface area contributed by atoms with Crippen LogP contribution in [0.1, 0.15) is 17.3 Å². The van der Waals surface area contributed by atoms with E-state index in [2.05, 4.69) is 20.3 Å². The lowest BCUT2D eigenvalue weighted by molar-refractivity contribution is 0.397. The van der Waals surface area contributed by atoms with Gasteiger partial charge in [0.15, 0.2) is 0 Å². The molecule has 0 aliphatic carbocycles. The normalized spacial score (nSPS) is 10.3. The van der Waals surface area contributed by atoms with Gasteiger partial charge in [0, 0.05) is 6.07 Å². The first-order chi connectivity index (χ1) is 8.19. The molecule has 0 aliphatic heterocycles. The van der Waals surface area contributed by atoms with Gasteiger partial charge in [-0.2, -0.15) is 0 Å². The molecular weight excluding hydrogens is 220 g/mol. The number of oxazole rings is 1. The van der Waals surface area contributed by atoms with Gasteiger partial charge in [-0.15, -0.1) is 0 Å². The van der Waals surface area contributed by atoms with Crippen LogP contribution in [-0.4, -0.2) is 22.1 Å². The zero-order chi connectivity index (χ0) is 12.3. The molecule has 17 heavy (non-hydrogen) atoms. The lowest BCUT2D eigenvalue weighted by Gasteiger charge is -2.03. The fourth-order valence-electron chi connectivity index (χ4n) is 1.33. The summed E-state index contributed by atoms with van der Waals surface area (Å²) < 4.78 is 10.4. The Balaban J connectivity index is 2.01. The maximum absolute atomic E-state index is 5.44. The number of nitrogens with one attached hydrogen (secondary N) is 1. The number of aryl methyl sites for hydroxylation is 2. The summed E-state index contributed by atoms with van der Waals surface area (Å²) in [5.41, 5.74) is 0.905. The summed E-state index contributed by atoms with van der Waals surface area (Å²) in [4.78, 5) is 12.2. The zero-order valence-corrected chi connectivity index (χ0v) is 10.0. The molecule has 1 N–H and O–H groups in total. The molecular formula is C11H14N4O2. The van der Waals surface area contributed by atoms with Crippen molar-refractivity contribution in [3.05, 3.63) is 29.7 Å². The third kappa shape index (κ3) is 2.72. The minimum absolute atomic E-state index is 0.481.